The third-order valence-corrected chi connectivity index (χ3v) is 12.7. The molecule has 0 aliphatic rings. The van der Waals surface area contributed by atoms with Crippen LogP contribution < -0.4 is 0 Å². The molecule has 294 valence electrons. The molecule has 5 heteroatoms. The van der Waals surface area contributed by atoms with Crippen LogP contribution in [0.2, 0.25) is 0 Å². The van der Waals surface area contributed by atoms with E-state index in [4.69, 9.17) is 9.97 Å². The van der Waals surface area contributed by atoms with Gasteiger partial charge in [-0.2, -0.15) is 0 Å². The van der Waals surface area contributed by atoms with Gasteiger partial charge in [-0.1, -0.05) is 133 Å². The molecule has 0 spiro atoms. The van der Waals surface area contributed by atoms with Gasteiger partial charge < -0.3 is 9.13 Å². The smallest absolute Gasteiger partial charge is 0.235 e. The fourth-order valence-electron chi connectivity index (χ4n) is 9.86. The van der Waals surface area contributed by atoms with Crippen molar-refractivity contribution in [2.75, 3.05) is 0 Å². The van der Waals surface area contributed by atoms with Crippen LogP contribution in [0.15, 0.2) is 225 Å². The predicted octanol–water partition coefficient (Wildman–Crippen LogP) is 14.8. The molecule has 13 aromatic rings. The number of hydrogen-bond acceptors (Lipinski definition) is 2. The van der Waals surface area contributed by atoms with Gasteiger partial charge in [0.1, 0.15) is 0 Å². The van der Waals surface area contributed by atoms with Crippen LogP contribution in [0.5, 0.6) is 0 Å². The standard InChI is InChI=1S/C58H37N5/c1-3-14-38(15-4-1)39-16-13-17-42(34-39)51-32-33-59-58(60-51)63-54-25-12-9-22-47(54)48-35-40(27-30-57(48)63)41-26-29-55-49(36-41)50-37-44(28-31-56(50)61(55)43-18-5-2-6-19-43)62-52-23-10-7-20-45(52)46-21-8-11-24-53(46)62/h1-37H. The van der Waals surface area contributed by atoms with E-state index in [1.165, 1.54) is 49.2 Å². The van der Waals surface area contributed by atoms with Gasteiger partial charge in [0.25, 0.3) is 0 Å². The fraction of sp³-hybridized carbons (Fsp3) is 0. The van der Waals surface area contributed by atoms with Crippen molar-refractivity contribution >= 4 is 65.4 Å². The maximum atomic E-state index is 5.20. The number of hydrogen-bond donors (Lipinski definition) is 0. The van der Waals surface area contributed by atoms with Gasteiger partial charge in [-0.25, -0.2) is 9.97 Å². The summed E-state index contributed by atoms with van der Waals surface area (Å²) >= 11 is 0. The zero-order valence-corrected chi connectivity index (χ0v) is 34.1. The van der Waals surface area contributed by atoms with Gasteiger partial charge in [0.05, 0.1) is 38.8 Å². The van der Waals surface area contributed by atoms with E-state index in [-0.39, 0.29) is 0 Å². The van der Waals surface area contributed by atoms with Gasteiger partial charge in [0, 0.05) is 55.5 Å². The minimum Gasteiger partial charge on any atom is -0.309 e. The molecule has 0 radical (unpaired) electrons. The molecule has 0 atom stereocenters. The predicted molar refractivity (Wildman–Crippen MR) is 261 cm³/mol. The molecule has 4 heterocycles. The van der Waals surface area contributed by atoms with Gasteiger partial charge in [-0.05, 0) is 107 Å². The molecule has 0 amide bonds. The number of rotatable bonds is 6. The maximum Gasteiger partial charge on any atom is 0.235 e. The van der Waals surface area contributed by atoms with E-state index < -0.39 is 0 Å². The fourth-order valence-corrected chi connectivity index (χ4v) is 9.86. The van der Waals surface area contributed by atoms with Crippen molar-refractivity contribution < 1.29 is 0 Å². The second-order valence-electron chi connectivity index (χ2n) is 16.2. The summed E-state index contributed by atoms with van der Waals surface area (Å²) in [6, 6.07) is 78.4. The van der Waals surface area contributed by atoms with Crippen LogP contribution in [0.25, 0.3) is 116 Å². The Morgan fingerprint density at radius 3 is 1.41 bits per heavy atom. The Morgan fingerprint density at radius 1 is 0.270 bits per heavy atom. The lowest BCUT2D eigenvalue weighted by atomic mass is 10.0. The summed E-state index contributed by atoms with van der Waals surface area (Å²) < 4.78 is 7.00. The number of aromatic nitrogens is 5. The average Bonchev–Trinajstić information content (AvgIpc) is 3.99. The highest BCUT2D eigenvalue weighted by molar-refractivity contribution is 6.14. The molecule has 63 heavy (non-hydrogen) atoms. The number of para-hydroxylation sites is 4. The minimum absolute atomic E-state index is 0.644. The Bertz CT molecular complexity index is 3860. The molecule has 0 unspecified atom stereocenters. The average molecular weight is 804 g/mol. The number of nitrogens with zero attached hydrogens (tertiary/aromatic N) is 5. The second kappa shape index (κ2) is 14.0. The summed E-state index contributed by atoms with van der Waals surface area (Å²) in [5.41, 5.74) is 15.7. The highest BCUT2D eigenvalue weighted by Crippen LogP contribution is 2.40. The molecule has 0 aliphatic carbocycles. The maximum absolute atomic E-state index is 5.20. The van der Waals surface area contributed by atoms with Crippen LogP contribution >= 0.6 is 0 Å². The topological polar surface area (TPSA) is 40.6 Å². The first-order valence-electron chi connectivity index (χ1n) is 21.4. The van der Waals surface area contributed by atoms with Gasteiger partial charge in [0.2, 0.25) is 5.95 Å². The second-order valence-corrected chi connectivity index (χ2v) is 16.2. The van der Waals surface area contributed by atoms with Crippen LogP contribution in [0, 0.1) is 0 Å². The molecule has 4 aromatic heterocycles. The normalized spacial score (nSPS) is 11.8. The number of fused-ring (bicyclic) bond motifs is 9. The zero-order valence-electron chi connectivity index (χ0n) is 34.1. The molecular weight excluding hydrogens is 767 g/mol. The highest BCUT2D eigenvalue weighted by atomic mass is 15.2. The van der Waals surface area contributed by atoms with Crippen LogP contribution in [-0.4, -0.2) is 23.7 Å². The zero-order chi connectivity index (χ0) is 41.4. The highest BCUT2D eigenvalue weighted by Gasteiger charge is 2.19. The monoisotopic (exact) mass is 803 g/mol. The van der Waals surface area contributed by atoms with Crippen molar-refractivity contribution in [1.29, 1.82) is 0 Å². The SMILES string of the molecule is c1ccc(-c2cccc(-c3ccnc(-n4c5ccccc5c5cc(-c6ccc7c(c6)c6cc(-n8c9ccccc9c9ccccc98)ccc6n7-c6ccccc6)ccc54)n3)c2)cc1. The molecule has 0 bridgehead atoms. The van der Waals surface area contributed by atoms with E-state index in [0.717, 1.165) is 61.1 Å². The van der Waals surface area contributed by atoms with E-state index in [0.29, 0.717) is 5.95 Å². The third-order valence-electron chi connectivity index (χ3n) is 12.7. The van der Waals surface area contributed by atoms with Crippen LogP contribution in [0.1, 0.15) is 0 Å². The molecule has 0 aliphatic heterocycles. The van der Waals surface area contributed by atoms with Gasteiger partial charge in [-0.15, -0.1) is 0 Å². The third kappa shape index (κ3) is 5.57. The Kier molecular flexibility index (Phi) is 7.84. The summed E-state index contributed by atoms with van der Waals surface area (Å²) in [6.45, 7) is 0. The Hall–Kier alpha value is -8.54. The van der Waals surface area contributed by atoms with E-state index >= 15 is 0 Å². The van der Waals surface area contributed by atoms with Crippen LogP contribution in [0.3, 0.4) is 0 Å². The summed E-state index contributed by atoms with van der Waals surface area (Å²) in [5, 5.41) is 7.24. The number of benzene rings is 9. The van der Waals surface area contributed by atoms with Crippen LogP contribution in [-0.2, 0) is 0 Å². The molecule has 0 fully saturated rings. The first-order chi connectivity index (χ1) is 31.2. The van der Waals surface area contributed by atoms with E-state index in [1.54, 1.807) is 0 Å². The minimum atomic E-state index is 0.644. The Labute approximate surface area is 363 Å². The Morgan fingerprint density at radius 2 is 0.730 bits per heavy atom. The van der Waals surface area contributed by atoms with E-state index in [1.807, 2.05) is 18.3 Å². The quantitative estimate of drug-likeness (QED) is 0.168. The van der Waals surface area contributed by atoms with Gasteiger partial charge in [-0.3, -0.25) is 4.57 Å². The molecular formula is C58H37N5. The first-order valence-corrected chi connectivity index (χ1v) is 21.4. The first kappa shape index (κ1) is 35.2. The molecule has 5 nitrogen and oxygen atoms in total. The molecule has 9 aromatic carbocycles. The summed E-state index contributed by atoms with van der Waals surface area (Å²) in [7, 11) is 0. The Balaban J connectivity index is 0.969. The largest absolute Gasteiger partial charge is 0.309 e. The molecule has 0 saturated carbocycles. The van der Waals surface area contributed by atoms with Crippen molar-refractivity contribution in [3.63, 3.8) is 0 Å². The molecule has 0 N–H and O–H groups in total. The summed E-state index contributed by atoms with van der Waals surface area (Å²) in [5.74, 6) is 0.644. The van der Waals surface area contributed by atoms with Crippen molar-refractivity contribution in [1.82, 2.24) is 23.7 Å². The van der Waals surface area contributed by atoms with Crippen molar-refractivity contribution in [2.45, 2.75) is 0 Å². The summed E-state index contributed by atoms with van der Waals surface area (Å²) in [4.78, 5) is 10.1. The van der Waals surface area contributed by atoms with Crippen molar-refractivity contribution in [3.8, 4) is 50.8 Å². The summed E-state index contributed by atoms with van der Waals surface area (Å²) in [6.07, 6.45) is 1.87. The van der Waals surface area contributed by atoms with Crippen molar-refractivity contribution in [3.05, 3.63) is 225 Å². The van der Waals surface area contributed by atoms with Crippen molar-refractivity contribution in [2.24, 2.45) is 0 Å². The van der Waals surface area contributed by atoms with Crippen LogP contribution in [0.4, 0.5) is 0 Å². The lowest BCUT2D eigenvalue weighted by Gasteiger charge is -2.10. The lowest BCUT2D eigenvalue weighted by molar-refractivity contribution is 0.992. The van der Waals surface area contributed by atoms with E-state index in [2.05, 4.69) is 220 Å². The molecule has 0 saturated heterocycles. The van der Waals surface area contributed by atoms with Gasteiger partial charge >= 0.3 is 0 Å². The van der Waals surface area contributed by atoms with Gasteiger partial charge in [0.15, 0.2) is 0 Å². The van der Waals surface area contributed by atoms with E-state index in [9.17, 15) is 0 Å². The lowest BCUT2D eigenvalue weighted by Crippen LogP contribution is -2.01. The molecule has 13 rings (SSSR count).